The van der Waals surface area contributed by atoms with Crippen LogP contribution in [-0.2, 0) is 21.4 Å². The van der Waals surface area contributed by atoms with Crippen molar-refractivity contribution in [1.29, 1.82) is 0 Å². The number of likely N-dealkylation sites (tertiary alicyclic amines) is 1. The summed E-state index contributed by atoms with van der Waals surface area (Å²) in [6.45, 7) is 4.84. The van der Waals surface area contributed by atoms with Crippen LogP contribution in [0.3, 0.4) is 0 Å². The SMILES string of the molecule is Cn1c(=O)n(C2CCC(=O)NC2=O)c2cccc(C#CCN3CC4CCC(C3)N4CC3CCC(n4cc(NC(=O)c5cnn6ccc(N7C[C@H]8C[C@@H]7CO8)nc56)c(C(F)F)n4)CC3)c21. The summed E-state index contributed by atoms with van der Waals surface area (Å²) < 4.78 is 40.6. The number of benzene rings is 1. The van der Waals surface area contributed by atoms with E-state index in [4.69, 9.17) is 9.72 Å². The van der Waals surface area contributed by atoms with Gasteiger partial charge in [-0.3, -0.25) is 43.3 Å². The molecule has 64 heavy (non-hydrogen) atoms. The molecule has 3 unspecified atom stereocenters. The number of nitrogens with one attached hydrogen (secondary N) is 2. The van der Waals surface area contributed by atoms with Crippen LogP contribution in [0.15, 0.2) is 47.7 Å². The number of imidazole rings is 1. The zero-order valence-electron chi connectivity index (χ0n) is 35.5. The van der Waals surface area contributed by atoms with E-state index in [1.807, 2.05) is 24.3 Å². The number of morpholine rings is 1. The number of halogens is 2. The van der Waals surface area contributed by atoms with E-state index >= 15 is 0 Å². The highest BCUT2D eigenvalue weighted by molar-refractivity contribution is 6.08. The summed E-state index contributed by atoms with van der Waals surface area (Å²) in [5.41, 5.74) is 1.80. The number of hydrogen-bond donors (Lipinski definition) is 2. The summed E-state index contributed by atoms with van der Waals surface area (Å²) in [5, 5.41) is 13.7. The number of aromatic nitrogens is 7. The van der Waals surface area contributed by atoms with E-state index in [1.165, 1.54) is 19.8 Å². The average Bonchev–Trinajstić information content (AvgIpc) is 4.16. The molecule has 1 saturated carbocycles. The summed E-state index contributed by atoms with van der Waals surface area (Å²) in [5.74, 6) is 6.56. The molecule has 2 N–H and O–H groups in total. The Hall–Kier alpha value is -5.97. The highest BCUT2D eigenvalue weighted by Gasteiger charge is 2.42. The van der Waals surface area contributed by atoms with Crippen molar-refractivity contribution in [2.75, 3.05) is 49.5 Å². The summed E-state index contributed by atoms with van der Waals surface area (Å²) in [4.78, 5) is 63.4. The monoisotopic (exact) mass is 876 g/mol. The Labute approximate surface area is 366 Å². The van der Waals surface area contributed by atoms with Gasteiger partial charge in [-0.25, -0.2) is 23.1 Å². The summed E-state index contributed by atoms with van der Waals surface area (Å²) >= 11 is 0. The van der Waals surface area contributed by atoms with Crippen molar-refractivity contribution < 1.29 is 27.9 Å². The number of imide groups is 1. The molecule has 3 amide bonds. The summed E-state index contributed by atoms with van der Waals surface area (Å²) in [7, 11) is 1.69. The quantitative estimate of drug-likeness (QED) is 0.164. The lowest BCUT2D eigenvalue weighted by Gasteiger charge is -2.43. The zero-order valence-corrected chi connectivity index (χ0v) is 35.5. The topological polar surface area (TPSA) is 169 Å². The molecule has 5 atom stereocenters. The second-order valence-corrected chi connectivity index (χ2v) is 18.4. The first kappa shape index (κ1) is 40.8. The molecule has 334 valence electrons. The second kappa shape index (κ2) is 16.2. The van der Waals surface area contributed by atoms with Crippen molar-refractivity contribution in [2.24, 2.45) is 13.0 Å². The van der Waals surface area contributed by atoms with Crippen LogP contribution in [0.2, 0.25) is 0 Å². The van der Waals surface area contributed by atoms with Crippen molar-refractivity contribution in [3.8, 4) is 11.8 Å². The first-order chi connectivity index (χ1) is 31.1. The number of piperazine rings is 1. The fourth-order valence-corrected chi connectivity index (χ4v) is 11.3. The van der Waals surface area contributed by atoms with E-state index in [1.54, 1.807) is 24.1 Å². The van der Waals surface area contributed by atoms with Gasteiger partial charge in [0.05, 0.1) is 59.8 Å². The molecule has 11 rings (SSSR count). The van der Waals surface area contributed by atoms with Gasteiger partial charge in [0.25, 0.3) is 12.3 Å². The molecular weight excluding hydrogens is 827 g/mol. The van der Waals surface area contributed by atoms with Gasteiger partial charge in [-0.1, -0.05) is 17.9 Å². The van der Waals surface area contributed by atoms with Gasteiger partial charge in [0.15, 0.2) is 11.3 Å². The third-order valence-corrected chi connectivity index (χ3v) is 14.5. The molecular formula is C45H50F2N12O5. The predicted molar refractivity (Wildman–Crippen MR) is 230 cm³/mol. The van der Waals surface area contributed by atoms with Gasteiger partial charge in [-0.15, -0.1) is 0 Å². The molecule has 9 heterocycles. The Morgan fingerprint density at radius 3 is 2.53 bits per heavy atom. The molecule has 6 fully saturated rings. The summed E-state index contributed by atoms with van der Waals surface area (Å²) in [6, 6.07) is 7.76. The Kier molecular flexibility index (Phi) is 10.3. The average molecular weight is 877 g/mol. The van der Waals surface area contributed by atoms with Gasteiger partial charge >= 0.3 is 5.69 Å². The fourth-order valence-electron chi connectivity index (χ4n) is 11.3. The maximum Gasteiger partial charge on any atom is 0.329 e. The Morgan fingerprint density at radius 1 is 1.00 bits per heavy atom. The Morgan fingerprint density at radius 2 is 1.80 bits per heavy atom. The standard InChI is InChI=1S/C45H50F2N12O5/c1-53-40-27(4-2-6-35(40)59(45(53)63)36-13-14-38(60)51-44(36)62)5-3-16-54-21-29-11-12-30(22-54)55(29)20-26-7-9-28(10-8-26)58-24-34(39(52-58)41(46)47)49-43(61)33-19-48-57-17-15-37(50-42(33)57)56-23-32-18-31(56)25-64-32/h2,4,6,15,17,19,24,26,28-32,36,41H,7-14,16,18,20-23,25H2,1H3,(H,49,61)(H,51,60,62)/t26?,28?,29?,30?,31-,32-,36?/m1/s1. The van der Waals surface area contributed by atoms with E-state index < -0.39 is 30.0 Å². The molecule has 17 nitrogen and oxygen atoms in total. The van der Waals surface area contributed by atoms with E-state index in [9.17, 15) is 28.0 Å². The van der Waals surface area contributed by atoms with Crippen LogP contribution < -0.4 is 21.2 Å². The number of hydrogen-bond acceptors (Lipinski definition) is 11. The van der Waals surface area contributed by atoms with Crippen molar-refractivity contribution in [1.82, 2.24) is 48.6 Å². The summed E-state index contributed by atoms with van der Waals surface area (Å²) in [6.07, 6.45) is 9.26. The van der Waals surface area contributed by atoms with E-state index in [-0.39, 0.29) is 53.9 Å². The zero-order chi connectivity index (χ0) is 43.8. The second-order valence-electron chi connectivity index (χ2n) is 18.4. The molecule has 5 aliphatic heterocycles. The minimum absolute atomic E-state index is 0.00250. The number of piperidine rings is 1. The van der Waals surface area contributed by atoms with E-state index in [0.29, 0.717) is 47.8 Å². The number of para-hydroxylation sites is 1. The maximum atomic E-state index is 14.4. The first-order valence-corrected chi connectivity index (χ1v) is 22.5. The largest absolute Gasteiger partial charge is 0.374 e. The van der Waals surface area contributed by atoms with E-state index in [0.717, 1.165) is 82.5 Å². The number of nitrogens with zero attached hydrogens (tertiary/aromatic N) is 10. The molecule has 4 aromatic heterocycles. The highest BCUT2D eigenvalue weighted by Crippen LogP contribution is 2.39. The van der Waals surface area contributed by atoms with Crippen LogP contribution in [0.25, 0.3) is 16.7 Å². The number of alkyl halides is 2. The van der Waals surface area contributed by atoms with E-state index in [2.05, 4.69) is 47.4 Å². The van der Waals surface area contributed by atoms with Crippen LogP contribution in [0.1, 0.15) is 97.9 Å². The Bertz CT molecular complexity index is 2780. The number of aryl methyl sites for hydroxylation is 1. The van der Waals surface area contributed by atoms with Gasteiger partial charge in [0.2, 0.25) is 11.8 Å². The van der Waals surface area contributed by atoms with Crippen molar-refractivity contribution in [3.63, 3.8) is 0 Å². The smallest absolute Gasteiger partial charge is 0.329 e. The maximum absolute atomic E-state index is 14.4. The van der Waals surface area contributed by atoms with Crippen molar-refractivity contribution in [2.45, 2.75) is 101 Å². The fraction of sp³-hybridized carbons (Fsp3) is 0.533. The van der Waals surface area contributed by atoms with Crippen LogP contribution in [0.4, 0.5) is 20.3 Å². The van der Waals surface area contributed by atoms with Crippen LogP contribution in [-0.4, -0.2) is 125 Å². The Balaban J connectivity index is 0.701. The van der Waals surface area contributed by atoms with Crippen LogP contribution in [0.5, 0.6) is 0 Å². The number of anilines is 2. The van der Waals surface area contributed by atoms with Gasteiger partial charge in [0, 0.05) is 64.1 Å². The molecule has 5 aromatic rings. The molecule has 4 bridgehead atoms. The minimum Gasteiger partial charge on any atom is -0.374 e. The lowest BCUT2D eigenvalue weighted by Crippen LogP contribution is -2.54. The van der Waals surface area contributed by atoms with Gasteiger partial charge in [-0.2, -0.15) is 10.2 Å². The van der Waals surface area contributed by atoms with Crippen molar-refractivity contribution in [3.05, 3.63) is 70.2 Å². The molecule has 5 saturated heterocycles. The highest BCUT2D eigenvalue weighted by atomic mass is 19.3. The van der Waals surface area contributed by atoms with Crippen molar-refractivity contribution >= 4 is 45.9 Å². The van der Waals surface area contributed by atoms with Gasteiger partial charge in [-0.05, 0) is 75.5 Å². The molecule has 0 radical (unpaired) electrons. The normalized spacial score (nSPS) is 27.2. The number of ether oxygens (including phenoxy) is 1. The number of amides is 3. The lowest BCUT2D eigenvalue weighted by molar-refractivity contribution is -0.135. The minimum atomic E-state index is -2.86. The lowest BCUT2D eigenvalue weighted by atomic mass is 9.85. The molecule has 1 aliphatic carbocycles. The molecule has 0 spiro atoms. The predicted octanol–water partition coefficient (Wildman–Crippen LogP) is 3.66. The van der Waals surface area contributed by atoms with Crippen LogP contribution in [0, 0.1) is 17.8 Å². The third kappa shape index (κ3) is 7.25. The molecule has 6 aliphatic rings. The third-order valence-electron chi connectivity index (χ3n) is 14.5. The van der Waals surface area contributed by atoms with Gasteiger partial charge < -0.3 is 15.0 Å². The molecule has 1 aromatic carbocycles. The number of carbonyl (C=O) groups is 3. The number of rotatable bonds is 9. The van der Waals surface area contributed by atoms with Crippen LogP contribution >= 0.6 is 0 Å². The van der Waals surface area contributed by atoms with Gasteiger partial charge in [0.1, 0.15) is 17.4 Å². The number of fused-ring (bicyclic) bond motifs is 6. The first-order valence-electron chi connectivity index (χ1n) is 22.5. The molecule has 19 heteroatoms. The number of carbonyl (C=O) groups excluding carboxylic acids is 3.